The summed E-state index contributed by atoms with van der Waals surface area (Å²) in [6.07, 6.45) is 0.904. The first-order valence-electron chi connectivity index (χ1n) is 7.93. The number of nitrogens with one attached hydrogen (secondary N) is 1. The number of aromatic nitrogens is 1. The number of fused-ring (bicyclic) bond motifs is 1. The van der Waals surface area contributed by atoms with Gasteiger partial charge in [0.05, 0.1) is 0 Å². The Morgan fingerprint density at radius 3 is 2.62 bits per heavy atom. The monoisotopic (exact) mass is 335 g/mol. The van der Waals surface area contributed by atoms with Gasteiger partial charge >= 0.3 is 0 Å². The maximum absolute atomic E-state index is 12.7. The first-order valence-corrected chi connectivity index (χ1v) is 8.81. The Balaban J connectivity index is 1.48. The molecule has 1 amide bonds. The van der Waals surface area contributed by atoms with Crippen LogP contribution in [0.4, 0.5) is 10.8 Å². The van der Waals surface area contributed by atoms with E-state index < -0.39 is 0 Å². The van der Waals surface area contributed by atoms with E-state index in [0.29, 0.717) is 12.2 Å². The molecule has 1 aliphatic heterocycles. The summed E-state index contributed by atoms with van der Waals surface area (Å²) in [7, 11) is 0. The summed E-state index contributed by atoms with van der Waals surface area (Å²) in [4.78, 5) is 19.0. The molecule has 120 valence electrons. The minimum atomic E-state index is 0.00173. The summed E-state index contributed by atoms with van der Waals surface area (Å²) >= 11 is 1.45. The first kappa shape index (κ1) is 14.9. The van der Waals surface area contributed by atoms with Crippen molar-refractivity contribution in [3.63, 3.8) is 0 Å². The van der Waals surface area contributed by atoms with Crippen LogP contribution in [0.25, 0.3) is 0 Å². The molecule has 0 radical (unpaired) electrons. The third-order valence-corrected chi connectivity index (χ3v) is 4.92. The van der Waals surface area contributed by atoms with Gasteiger partial charge in [-0.1, -0.05) is 42.5 Å². The lowest BCUT2D eigenvalue weighted by Crippen LogP contribution is -2.36. The van der Waals surface area contributed by atoms with E-state index in [1.807, 2.05) is 46.7 Å². The zero-order valence-electron chi connectivity index (χ0n) is 13.1. The lowest BCUT2D eigenvalue weighted by atomic mass is 10.00. The zero-order chi connectivity index (χ0) is 16.4. The molecule has 1 aromatic heterocycles. The van der Waals surface area contributed by atoms with Crippen LogP contribution in [-0.4, -0.2) is 22.3 Å². The Morgan fingerprint density at radius 2 is 1.79 bits per heavy atom. The molecule has 0 unspecified atom stereocenters. The van der Waals surface area contributed by atoms with E-state index in [9.17, 15) is 4.79 Å². The van der Waals surface area contributed by atoms with Crippen molar-refractivity contribution in [1.29, 1.82) is 0 Å². The molecule has 0 saturated heterocycles. The van der Waals surface area contributed by atoms with Crippen LogP contribution in [0.1, 0.15) is 21.6 Å². The van der Waals surface area contributed by atoms with Crippen LogP contribution in [0.5, 0.6) is 0 Å². The smallest absolute Gasteiger partial charge is 0.273 e. The van der Waals surface area contributed by atoms with Crippen LogP contribution in [0.15, 0.2) is 60.0 Å². The van der Waals surface area contributed by atoms with Crippen molar-refractivity contribution in [1.82, 2.24) is 9.88 Å². The maximum atomic E-state index is 12.7. The second kappa shape index (κ2) is 6.45. The van der Waals surface area contributed by atoms with Gasteiger partial charge in [0.1, 0.15) is 5.69 Å². The van der Waals surface area contributed by atoms with E-state index >= 15 is 0 Å². The number of rotatable bonds is 3. The third-order valence-electron chi connectivity index (χ3n) is 4.17. The highest BCUT2D eigenvalue weighted by Crippen LogP contribution is 2.24. The Bertz CT molecular complexity index is 860. The van der Waals surface area contributed by atoms with E-state index in [1.165, 1.54) is 22.5 Å². The van der Waals surface area contributed by atoms with Gasteiger partial charge in [0.25, 0.3) is 5.91 Å². The molecule has 1 N–H and O–H groups in total. The van der Waals surface area contributed by atoms with Crippen molar-refractivity contribution < 1.29 is 4.79 Å². The van der Waals surface area contributed by atoms with Crippen molar-refractivity contribution in [2.45, 2.75) is 13.0 Å². The maximum Gasteiger partial charge on any atom is 0.273 e. The summed E-state index contributed by atoms with van der Waals surface area (Å²) in [5, 5.41) is 5.80. The highest BCUT2D eigenvalue weighted by molar-refractivity contribution is 7.14. The highest BCUT2D eigenvalue weighted by atomic mass is 32.1. The summed E-state index contributed by atoms with van der Waals surface area (Å²) in [5.74, 6) is 0.00173. The molecule has 0 spiro atoms. The average molecular weight is 335 g/mol. The van der Waals surface area contributed by atoms with Crippen LogP contribution in [0.3, 0.4) is 0 Å². The molecule has 3 aromatic rings. The molecule has 0 saturated carbocycles. The topological polar surface area (TPSA) is 45.2 Å². The fourth-order valence-corrected chi connectivity index (χ4v) is 3.61. The predicted molar refractivity (Wildman–Crippen MR) is 96.7 cm³/mol. The lowest BCUT2D eigenvalue weighted by molar-refractivity contribution is 0.0729. The second-order valence-electron chi connectivity index (χ2n) is 5.77. The largest absolute Gasteiger partial charge is 0.333 e. The standard InChI is InChI=1S/C19H17N3OS/c23-18(22-11-10-14-6-4-5-7-15(14)12-22)17-13-24-19(21-17)20-16-8-2-1-3-9-16/h1-9,13H,10-12H2,(H,20,21). The van der Waals surface area contributed by atoms with E-state index in [1.54, 1.807) is 0 Å². The summed E-state index contributed by atoms with van der Waals surface area (Å²) < 4.78 is 0. The molecule has 5 heteroatoms. The van der Waals surface area contributed by atoms with Gasteiger partial charge in [-0.2, -0.15) is 0 Å². The van der Waals surface area contributed by atoms with Gasteiger partial charge in [0.15, 0.2) is 5.13 Å². The number of benzene rings is 2. The fourth-order valence-electron chi connectivity index (χ4n) is 2.91. The number of thiazole rings is 1. The molecule has 4 rings (SSSR count). The van der Waals surface area contributed by atoms with E-state index in [0.717, 1.165) is 23.8 Å². The third kappa shape index (κ3) is 3.03. The number of carbonyl (C=O) groups excluding carboxylic acids is 1. The van der Waals surface area contributed by atoms with Gasteiger partial charge in [-0.25, -0.2) is 4.98 Å². The van der Waals surface area contributed by atoms with Crippen LogP contribution < -0.4 is 5.32 Å². The summed E-state index contributed by atoms with van der Waals surface area (Å²) in [5.41, 5.74) is 4.05. The average Bonchev–Trinajstić information content (AvgIpc) is 3.10. The molecule has 0 aliphatic carbocycles. The van der Waals surface area contributed by atoms with Gasteiger partial charge in [0, 0.05) is 24.2 Å². The molecule has 0 fully saturated rings. The van der Waals surface area contributed by atoms with E-state index in [-0.39, 0.29) is 5.91 Å². The number of amides is 1. The van der Waals surface area contributed by atoms with Crippen molar-refractivity contribution in [2.24, 2.45) is 0 Å². The van der Waals surface area contributed by atoms with Gasteiger partial charge in [-0.05, 0) is 29.7 Å². The predicted octanol–water partition coefficient (Wildman–Crippen LogP) is 4.09. The van der Waals surface area contributed by atoms with Crippen LogP contribution in [0.2, 0.25) is 0 Å². The Labute approximate surface area is 144 Å². The van der Waals surface area contributed by atoms with Crippen LogP contribution >= 0.6 is 11.3 Å². The molecule has 0 atom stereocenters. The minimum absolute atomic E-state index is 0.00173. The normalized spacial score (nSPS) is 13.4. The molecule has 0 bridgehead atoms. The number of para-hydroxylation sites is 1. The van der Waals surface area contributed by atoms with E-state index in [4.69, 9.17) is 0 Å². The molecule has 2 aromatic carbocycles. The van der Waals surface area contributed by atoms with Crippen molar-refractivity contribution in [2.75, 3.05) is 11.9 Å². The van der Waals surface area contributed by atoms with Crippen molar-refractivity contribution in [3.05, 3.63) is 76.8 Å². The van der Waals surface area contributed by atoms with Gasteiger partial charge in [-0.3, -0.25) is 4.79 Å². The van der Waals surface area contributed by atoms with Crippen molar-refractivity contribution in [3.8, 4) is 0 Å². The van der Waals surface area contributed by atoms with Gasteiger partial charge < -0.3 is 10.2 Å². The van der Waals surface area contributed by atoms with E-state index in [2.05, 4.69) is 28.5 Å². The number of nitrogens with zero attached hydrogens (tertiary/aromatic N) is 2. The van der Waals surface area contributed by atoms with Gasteiger partial charge in [0.2, 0.25) is 0 Å². The SMILES string of the molecule is O=C(c1csc(Nc2ccccc2)n1)N1CCc2ccccc2C1. The summed E-state index contributed by atoms with van der Waals surface area (Å²) in [6.45, 7) is 1.41. The molecule has 1 aliphatic rings. The van der Waals surface area contributed by atoms with Crippen molar-refractivity contribution >= 4 is 28.1 Å². The Morgan fingerprint density at radius 1 is 1.04 bits per heavy atom. The Kier molecular flexibility index (Phi) is 4.01. The first-order chi connectivity index (χ1) is 11.8. The minimum Gasteiger partial charge on any atom is -0.333 e. The summed E-state index contributed by atoms with van der Waals surface area (Å²) in [6, 6.07) is 18.2. The molecule has 4 nitrogen and oxygen atoms in total. The molecular formula is C19H17N3OS. The number of hydrogen-bond donors (Lipinski definition) is 1. The van der Waals surface area contributed by atoms with Gasteiger partial charge in [-0.15, -0.1) is 11.3 Å². The number of anilines is 2. The fraction of sp³-hybridized carbons (Fsp3) is 0.158. The molecule has 2 heterocycles. The van der Waals surface area contributed by atoms with Crippen LogP contribution in [0, 0.1) is 0 Å². The number of carbonyl (C=O) groups is 1. The van der Waals surface area contributed by atoms with Crippen LogP contribution in [-0.2, 0) is 13.0 Å². The quantitative estimate of drug-likeness (QED) is 0.784. The zero-order valence-corrected chi connectivity index (χ0v) is 13.9. The second-order valence-corrected chi connectivity index (χ2v) is 6.63. The Hall–Kier alpha value is -2.66. The lowest BCUT2D eigenvalue weighted by Gasteiger charge is -2.28. The number of hydrogen-bond acceptors (Lipinski definition) is 4. The molecule has 24 heavy (non-hydrogen) atoms. The molecular weight excluding hydrogens is 318 g/mol. The highest BCUT2D eigenvalue weighted by Gasteiger charge is 2.23.